The minimum absolute atomic E-state index is 0.898. The third-order valence-corrected chi connectivity index (χ3v) is 1.34. The van der Waals surface area contributed by atoms with Crippen LogP contribution in [-0.2, 0) is 0 Å². The van der Waals surface area contributed by atoms with E-state index in [1.165, 1.54) is 0 Å². The van der Waals surface area contributed by atoms with Crippen molar-refractivity contribution < 1.29 is 0 Å². The molecule has 0 aliphatic rings. The summed E-state index contributed by atoms with van der Waals surface area (Å²) < 4.78 is 0. The summed E-state index contributed by atoms with van der Waals surface area (Å²) in [5, 5.41) is 0. The zero-order valence-electron chi connectivity index (χ0n) is 7.18. The fourth-order valence-corrected chi connectivity index (χ4v) is 0.872. The van der Waals surface area contributed by atoms with Gasteiger partial charge in [-0.25, -0.2) is 0 Å². The molecule has 58 valence electrons. The lowest BCUT2D eigenvalue weighted by Crippen LogP contribution is -1.84. The molecule has 12 heavy (non-hydrogen) atoms. The molecule has 1 aromatic rings. The van der Waals surface area contributed by atoms with Gasteiger partial charge < -0.3 is 0 Å². The Morgan fingerprint density at radius 1 is 1.08 bits per heavy atom. The molecule has 0 aliphatic heterocycles. The van der Waals surface area contributed by atoms with Crippen LogP contribution in [0.3, 0.4) is 0 Å². The summed E-state index contributed by atoms with van der Waals surface area (Å²) in [6.45, 7) is 3.61. The normalized spacial score (nSPS) is 7.50. The first-order valence-electron chi connectivity index (χ1n) is 3.68. The molecule has 0 amide bonds. The summed E-state index contributed by atoms with van der Waals surface area (Å²) in [6.07, 6.45) is 3.46. The van der Waals surface area contributed by atoms with Crippen LogP contribution in [0.2, 0.25) is 0 Å². The van der Waals surface area contributed by atoms with E-state index in [9.17, 15) is 0 Å². The Labute approximate surface area is 72.8 Å². The average Bonchev–Trinajstić information content (AvgIpc) is 2.09. The third kappa shape index (κ3) is 1.87. The second kappa shape index (κ2) is 4.21. The fourth-order valence-electron chi connectivity index (χ4n) is 0.872. The molecule has 1 heteroatoms. The summed E-state index contributed by atoms with van der Waals surface area (Å²) in [6, 6.07) is 1.87. The van der Waals surface area contributed by atoms with Gasteiger partial charge in [0.25, 0.3) is 0 Å². The van der Waals surface area contributed by atoms with Gasteiger partial charge in [-0.2, -0.15) is 0 Å². The van der Waals surface area contributed by atoms with Crippen LogP contribution in [0.1, 0.15) is 25.0 Å². The van der Waals surface area contributed by atoms with E-state index in [0.717, 1.165) is 11.1 Å². The van der Waals surface area contributed by atoms with Crippen molar-refractivity contribution in [1.29, 1.82) is 0 Å². The number of nitrogens with zero attached hydrogens (tertiary/aromatic N) is 1. The van der Waals surface area contributed by atoms with Crippen molar-refractivity contribution in [2.24, 2.45) is 0 Å². The van der Waals surface area contributed by atoms with Crippen LogP contribution in [0.5, 0.6) is 0 Å². The third-order valence-electron chi connectivity index (χ3n) is 1.34. The number of pyridine rings is 1. The van der Waals surface area contributed by atoms with E-state index in [-0.39, 0.29) is 0 Å². The number of hydrogen-bond donors (Lipinski definition) is 0. The molecule has 0 bridgehead atoms. The molecule has 0 N–H and O–H groups in total. The van der Waals surface area contributed by atoms with Crippen molar-refractivity contribution in [3.63, 3.8) is 0 Å². The minimum Gasteiger partial charge on any atom is -0.263 e. The van der Waals surface area contributed by atoms with Gasteiger partial charge in [-0.3, -0.25) is 4.98 Å². The highest BCUT2D eigenvalue weighted by Crippen LogP contribution is 2.02. The van der Waals surface area contributed by atoms with Crippen molar-refractivity contribution >= 4 is 0 Å². The number of rotatable bonds is 0. The topological polar surface area (TPSA) is 12.9 Å². The molecule has 0 saturated carbocycles. The number of aromatic nitrogens is 1. The molecular weight excluding hydrogens is 146 g/mol. The Balaban J connectivity index is 3.20. The first kappa shape index (κ1) is 8.37. The highest BCUT2D eigenvalue weighted by Gasteiger charge is 1.93. The predicted octanol–water partition coefficient (Wildman–Crippen LogP) is 1.82. The lowest BCUT2D eigenvalue weighted by molar-refractivity contribution is 1.30. The highest BCUT2D eigenvalue weighted by atomic mass is 14.6. The quantitative estimate of drug-likeness (QED) is 0.521. The summed E-state index contributed by atoms with van der Waals surface area (Å²) in [7, 11) is 0. The van der Waals surface area contributed by atoms with Crippen LogP contribution in [0, 0.1) is 23.7 Å². The molecule has 0 spiro atoms. The van der Waals surface area contributed by atoms with Gasteiger partial charge in [-0.1, -0.05) is 11.8 Å². The standard InChI is InChI=1S/C11H9N/c1-3-5-10-7-8-12-9-11(10)6-4-2/h7-9H,1-2H3. The van der Waals surface area contributed by atoms with E-state index in [0.29, 0.717) is 0 Å². The van der Waals surface area contributed by atoms with Crippen LogP contribution in [0.4, 0.5) is 0 Å². The molecule has 0 aliphatic carbocycles. The van der Waals surface area contributed by atoms with Crippen LogP contribution >= 0.6 is 0 Å². The Morgan fingerprint density at radius 3 is 2.42 bits per heavy atom. The SMILES string of the molecule is CC#Cc1ccncc1C#CC. The van der Waals surface area contributed by atoms with Crippen molar-refractivity contribution in [2.75, 3.05) is 0 Å². The minimum atomic E-state index is 0.898. The number of hydrogen-bond acceptors (Lipinski definition) is 1. The van der Waals surface area contributed by atoms with Crippen molar-refractivity contribution in [3.8, 4) is 23.7 Å². The summed E-state index contributed by atoms with van der Waals surface area (Å²) >= 11 is 0. The second-order valence-electron chi connectivity index (χ2n) is 2.17. The Morgan fingerprint density at radius 2 is 1.75 bits per heavy atom. The zero-order chi connectivity index (χ0) is 8.81. The summed E-state index contributed by atoms with van der Waals surface area (Å²) in [5.74, 6) is 11.6. The predicted molar refractivity (Wildman–Crippen MR) is 49.3 cm³/mol. The molecule has 1 aromatic heterocycles. The molecule has 0 fully saturated rings. The van der Waals surface area contributed by atoms with Gasteiger partial charge in [0.05, 0.1) is 5.56 Å². The van der Waals surface area contributed by atoms with Gasteiger partial charge in [0, 0.05) is 18.0 Å². The molecule has 1 rings (SSSR count). The smallest absolute Gasteiger partial charge is 0.0585 e. The lowest BCUT2D eigenvalue weighted by atomic mass is 10.1. The van der Waals surface area contributed by atoms with Crippen LogP contribution < -0.4 is 0 Å². The molecule has 0 radical (unpaired) electrons. The van der Waals surface area contributed by atoms with Crippen LogP contribution in [-0.4, -0.2) is 4.98 Å². The van der Waals surface area contributed by atoms with E-state index in [2.05, 4.69) is 28.7 Å². The van der Waals surface area contributed by atoms with Gasteiger partial charge in [0.15, 0.2) is 0 Å². The average molecular weight is 155 g/mol. The van der Waals surface area contributed by atoms with Gasteiger partial charge >= 0.3 is 0 Å². The van der Waals surface area contributed by atoms with Crippen molar-refractivity contribution in [2.45, 2.75) is 13.8 Å². The Kier molecular flexibility index (Phi) is 2.94. The maximum absolute atomic E-state index is 3.98. The van der Waals surface area contributed by atoms with Gasteiger partial charge in [0.1, 0.15) is 0 Å². The summed E-state index contributed by atoms with van der Waals surface area (Å²) in [5.41, 5.74) is 1.84. The van der Waals surface area contributed by atoms with E-state index in [1.807, 2.05) is 13.0 Å². The Bertz CT molecular complexity index is 344. The second-order valence-corrected chi connectivity index (χ2v) is 2.17. The maximum Gasteiger partial charge on any atom is 0.0585 e. The van der Waals surface area contributed by atoms with Gasteiger partial charge in [-0.15, -0.1) is 11.8 Å². The molecule has 0 atom stereocenters. The highest BCUT2D eigenvalue weighted by molar-refractivity contribution is 5.47. The van der Waals surface area contributed by atoms with Crippen molar-refractivity contribution in [1.82, 2.24) is 4.98 Å². The molecular formula is C11H9N. The maximum atomic E-state index is 3.98. The largest absolute Gasteiger partial charge is 0.263 e. The van der Waals surface area contributed by atoms with Gasteiger partial charge in [0.2, 0.25) is 0 Å². The first-order valence-corrected chi connectivity index (χ1v) is 3.68. The molecule has 1 heterocycles. The fraction of sp³-hybridized carbons (Fsp3) is 0.182. The van der Waals surface area contributed by atoms with Crippen LogP contribution in [0.25, 0.3) is 0 Å². The monoisotopic (exact) mass is 155 g/mol. The zero-order valence-corrected chi connectivity index (χ0v) is 7.18. The Hall–Kier alpha value is -1.73. The molecule has 1 nitrogen and oxygen atoms in total. The van der Waals surface area contributed by atoms with E-state index < -0.39 is 0 Å². The molecule has 0 unspecified atom stereocenters. The molecule has 0 aromatic carbocycles. The van der Waals surface area contributed by atoms with E-state index in [1.54, 1.807) is 19.3 Å². The van der Waals surface area contributed by atoms with Crippen molar-refractivity contribution in [3.05, 3.63) is 29.6 Å². The van der Waals surface area contributed by atoms with E-state index in [4.69, 9.17) is 0 Å². The molecule has 0 saturated heterocycles. The van der Waals surface area contributed by atoms with Gasteiger partial charge in [-0.05, 0) is 19.9 Å². The lowest BCUT2D eigenvalue weighted by Gasteiger charge is -1.92. The van der Waals surface area contributed by atoms with E-state index >= 15 is 0 Å². The summed E-state index contributed by atoms with van der Waals surface area (Å²) in [4.78, 5) is 3.98. The van der Waals surface area contributed by atoms with Crippen LogP contribution in [0.15, 0.2) is 18.5 Å². The first-order chi connectivity index (χ1) is 5.88.